The van der Waals surface area contributed by atoms with Crippen LogP contribution in [0.3, 0.4) is 0 Å². The van der Waals surface area contributed by atoms with Gasteiger partial charge in [-0.3, -0.25) is 0 Å². The molecule has 4 nitrogen and oxygen atoms in total. The lowest BCUT2D eigenvalue weighted by Gasteiger charge is -2.30. The first kappa shape index (κ1) is 14.6. The second-order valence-corrected chi connectivity index (χ2v) is 5.23. The smallest absolute Gasteiger partial charge is 0.222 e. The van der Waals surface area contributed by atoms with Crippen LogP contribution in [0.15, 0.2) is 24.3 Å². The molecule has 1 atom stereocenters. The van der Waals surface area contributed by atoms with E-state index in [4.69, 9.17) is 5.73 Å². The number of nitrogens with two attached hydrogens (primary N) is 1. The first-order valence-corrected chi connectivity index (χ1v) is 7.46. The van der Waals surface area contributed by atoms with Crippen molar-refractivity contribution < 1.29 is 0 Å². The van der Waals surface area contributed by atoms with E-state index in [1.54, 1.807) is 0 Å². The third-order valence-corrected chi connectivity index (χ3v) is 3.75. The Hall–Kier alpha value is -1.84. The summed E-state index contributed by atoms with van der Waals surface area (Å²) in [6.45, 7) is 7.66. The highest BCUT2D eigenvalue weighted by molar-refractivity contribution is 5.90. The van der Waals surface area contributed by atoms with Crippen molar-refractivity contribution in [2.75, 3.05) is 17.2 Å². The number of anilines is 2. The van der Waals surface area contributed by atoms with E-state index in [2.05, 4.69) is 41.7 Å². The van der Waals surface area contributed by atoms with E-state index in [9.17, 15) is 0 Å². The van der Waals surface area contributed by atoms with Crippen LogP contribution < -0.4 is 10.6 Å². The van der Waals surface area contributed by atoms with Crippen molar-refractivity contribution in [3.63, 3.8) is 0 Å². The van der Waals surface area contributed by atoms with Gasteiger partial charge in [0.25, 0.3) is 0 Å². The molecule has 0 radical (unpaired) electrons. The summed E-state index contributed by atoms with van der Waals surface area (Å²) in [4.78, 5) is 11.2. The molecule has 1 heterocycles. The van der Waals surface area contributed by atoms with Crippen molar-refractivity contribution in [2.45, 2.75) is 46.1 Å². The van der Waals surface area contributed by atoms with Gasteiger partial charge in [-0.15, -0.1) is 0 Å². The molecule has 0 aliphatic carbocycles. The largest absolute Gasteiger partial charge is 0.368 e. The summed E-state index contributed by atoms with van der Waals surface area (Å²) in [5.41, 5.74) is 6.80. The van der Waals surface area contributed by atoms with E-state index in [0.29, 0.717) is 12.0 Å². The maximum atomic E-state index is 5.88. The van der Waals surface area contributed by atoms with E-state index in [0.717, 1.165) is 36.1 Å². The van der Waals surface area contributed by atoms with Gasteiger partial charge in [-0.2, -0.15) is 4.98 Å². The number of para-hydroxylation sites is 1. The zero-order valence-corrected chi connectivity index (χ0v) is 12.6. The lowest BCUT2D eigenvalue weighted by molar-refractivity contribution is 0.591. The minimum atomic E-state index is 0.350. The molecule has 0 amide bonds. The molecule has 0 aliphatic heterocycles. The van der Waals surface area contributed by atoms with Crippen LogP contribution in [-0.2, 0) is 0 Å². The van der Waals surface area contributed by atoms with Gasteiger partial charge >= 0.3 is 0 Å². The predicted octanol–water partition coefficient (Wildman–Crippen LogP) is 3.62. The molecule has 20 heavy (non-hydrogen) atoms. The zero-order valence-electron chi connectivity index (χ0n) is 12.6. The summed E-state index contributed by atoms with van der Waals surface area (Å²) in [6, 6.07) is 8.52. The van der Waals surface area contributed by atoms with E-state index in [1.165, 1.54) is 6.42 Å². The summed E-state index contributed by atoms with van der Waals surface area (Å²) in [5.74, 6) is 1.32. The highest BCUT2D eigenvalue weighted by Crippen LogP contribution is 2.27. The number of unbranched alkanes of at least 4 members (excludes halogenated alkanes) is 1. The zero-order chi connectivity index (χ0) is 14.5. The number of rotatable bonds is 6. The third-order valence-electron chi connectivity index (χ3n) is 3.75. The standard InChI is InChI=1S/C16H24N4/c1-4-6-11-20(12(3)5-2)15-13-9-7-8-10-14(13)18-16(17)19-15/h7-10,12H,4-6,11H2,1-3H3,(H2,17,18,19). The number of fused-ring (bicyclic) bond motifs is 1. The third kappa shape index (κ3) is 3.00. The highest BCUT2D eigenvalue weighted by Gasteiger charge is 2.17. The molecular formula is C16H24N4. The molecule has 1 unspecified atom stereocenters. The SMILES string of the molecule is CCCCN(c1nc(N)nc2ccccc12)C(C)CC. The minimum Gasteiger partial charge on any atom is -0.368 e. The first-order chi connectivity index (χ1) is 9.67. The van der Waals surface area contributed by atoms with Crippen LogP contribution in [0.4, 0.5) is 11.8 Å². The molecule has 0 saturated carbocycles. The summed E-state index contributed by atoms with van der Waals surface area (Å²) in [5, 5.41) is 1.08. The molecule has 0 aliphatic rings. The fraction of sp³-hybridized carbons (Fsp3) is 0.500. The van der Waals surface area contributed by atoms with Crippen LogP contribution in [0.2, 0.25) is 0 Å². The number of hydrogen-bond donors (Lipinski definition) is 1. The topological polar surface area (TPSA) is 55.0 Å². The van der Waals surface area contributed by atoms with Crippen molar-refractivity contribution in [3.05, 3.63) is 24.3 Å². The number of nitrogens with zero attached hydrogens (tertiary/aromatic N) is 3. The Balaban J connectivity index is 2.51. The van der Waals surface area contributed by atoms with Crippen LogP contribution in [0.1, 0.15) is 40.0 Å². The fourth-order valence-corrected chi connectivity index (χ4v) is 2.38. The Labute approximate surface area is 121 Å². The van der Waals surface area contributed by atoms with Crippen LogP contribution >= 0.6 is 0 Å². The lowest BCUT2D eigenvalue weighted by atomic mass is 10.1. The average molecular weight is 272 g/mol. The van der Waals surface area contributed by atoms with Crippen molar-refractivity contribution in [1.29, 1.82) is 0 Å². The molecule has 0 spiro atoms. The fourth-order valence-electron chi connectivity index (χ4n) is 2.38. The average Bonchev–Trinajstić information content (AvgIpc) is 2.46. The van der Waals surface area contributed by atoms with Gasteiger partial charge in [-0.1, -0.05) is 32.4 Å². The molecule has 1 aromatic heterocycles. The lowest BCUT2D eigenvalue weighted by Crippen LogP contribution is -2.34. The second-order valence-electron chi connectivity index (χ2n) is 5.23. The number of benzene rings is 1. The van der Waals surface area contributed by atoms with Gasteiger partial charge in [0.15, 0.2) is 0 Å². The molecule has 0 fully saturated rings. The normalized spacial score (nSPS) is 12.6. The highest BCUT2D eigenvalue weighted by atomic mass is 15.2. The van der Waals surface area contributed by atoms with Crippen molar-refractivity contribution >= 4 is 22.7 Å². The van der Waals surface area contributed by atoms with E-state index < -0.39 is 0 Å². The molecule has 2 aromatic rings. The first-order valence-electron chi connectivity index (χ1n) is 7.46. The van der Waals surface area contributed by atoms with Crippen LogP contribution in [0.5, 0.6) is 0 Å². The molecule has 2 N–H and O–H groups in total. The van der Waals surface area contributed by atoms with Gasteiger partial charge in [-0.25, -0.2) is 4.98 Å². The maximum Gasteiger partial charge on any atom is 0.222 e. The molecule has 2 rings (SSSR count). The molecule has 0 bridgehead atoms. The molecule has 108 valence electrons. The van der Waals surface area contributed by atoms with Crippen LogP contribution in [0.25, 0.3) is 10.9 Å². The number of aromatic nitrogens is 2. The van der Waals surface area contributed by atoms with Gasteiger partial charge < -0.3 is 10.6 Å². The Kier molecular flexibility index (Phi) is 4.77. The summed E-state index contributed by atoms with van der Waals surface area (Å²) < 4.78 is 0. The van der Waals surface area contributed by atoms with Crippen LogP contribution in [0, 0.1) is 0 Å². The quantitative estimate of drug-likeness (QED) is 0.872. The molecule has 4 heteroatoms. The van der Waals surface area contributed by atoms with Gasteiger partial charge in [0.05, 0.1) is 5.52 Å². The van der Waals surface area contributed by atoms with Crippen molar-refractivity contribution in [3.8, 4) is 0 Å². The van der Waals surface area contributed by atoms with Crippen LogP contribution in [-0.4, -0.2) is 22.6 Å². The maximum absolute atomic E-state index is 5.88. The Morgan fingerprint density at radius 3 is 2.65 bits per heavy atom. The molecular weight excluding hydrogens is 248 g/mol. The monoisotopic (exact) mass is 272 g/mol. The molecule has 1 aromatic carbocycles. The Morgan fingerprint density at radius 1 is 1.20 bits per heavy atom. The van der Waals surface area contributed by atoms with E-state index in [1.807, 2.05) is 18.2 Å². The minimum absolute atomic E-state index is 0.350. The van der Waals surface area contributed by atoms with Gasteiger partial charge in [0.1, 0.15) is 5.82 Å². The Bertz CT molecular complexity index is 567. The van der Waals surface area contributed by atoms with Gasteiger partial charge in [0, 0.05) is 18.0 Å². The van der Waals surface area contributed by atoms with E-state index in [-0.39, 0.29) is 0 Å². The summed E-state index contributed by atoms with van der Waals surface area (Å²) in [6.07, 6.45) is 3.41. The predicted molar refractivity (Wildman–Crippen MR) is 86.0 cm³/mol. The molecule has 0 saturated heterocycles. The van der Waals surface area contributed by atoms with E-state index >= 15 is 0 Å². The van der Waals surface area contributed by atoms with Gasteiger partial charge in [0.2, 0.25) is 5.95 Å². The Morgan fingerprint density at radius 2 is 1.95 bits per heavy atom. The van der Waals surface area contributed by atoms with Crippen molar-refractivity contribution in [1.82, 2.24) is 9.97 Å². The van der Waals surface area contributed by atoms with Gasteiger partial charge in [-0.05, 0) is 31.9 Å². The number of hydrogen-bond acceptors (Lipinski definition) is 4. The summed E-state index contributed by atoms with van der Waals surface area (Å²) in [7, 11) is 0. The summed E-state index contributed by atoms with van der Waals surface area (Å²) >= 11 is 0. The van der Waals surface area contributed by atoms with Crippen molar-refractivity contribution in [2.24, 2.45) is 0 Å². The number of nitrogen functional groups attached to an aromatic ring is 1. The second kappa shape index (κ2) is 6.55.